The smallest absolute Gasteiger partial charge is 0.138 e. The van der Waals surface area contributed by atoms with E-state index in [-0.39, 0.29) is 6.04 Å². The molecule has 5 heteroatoms. The van der Waals surface area contributed by atoms with Gasteiger partial charge < -0.3 is 16.0 Å². The van der Waals surface area contributed by atoms with E-state index >= 15 is 0 Å². The summed E-state index contributed by atoms with van der Waals surface area (Å²) in [6.45, 7) is 33.1. The molecule has 1 heterocycles. The van der Waals surface area contributed by atoms with E-state index in [0.717, 1.165) is 60.3 Å². The summed E-state index contributed by atoms with van der Waals surface area (Å²) in [6, 6.07) is 13.2. The van der Waals surface area contributed by atoms with Crippen molar-refractivity contribution in [3.63, 3.8) is 0 Å². The molecule has 2 aromatic carbocycles. The van der Waals surface area contributed by atoms with Gasteiger partial charge in [0.15, 0.2) is 0 Å². The van der Waals surface area contributed by atoms with Crippen molar-refractivity contribution in [2.75, 3.05) is 19.4 Å². The molecule has 0 radical (unpaired) electrons. The molecule has 1 saturated carbocycles. The first kappa shape index (κ1) is 49.5. The van der Waals surface area contributed by atoms with Crippen LogP contribution in [0.3, 0.4) is 0 Å². The monoisotopic (exact) mass is 752 g/mol. The molecule has 306 valence electrons. The zero-order chi connectivity index (χ0) is 41.6. The molecule has 2 aliphatic rings. The lowest BCUT2D eigenvalue weighted by molar-refractivity contribution is 0.106. The van der Waals surface area contributed by atoms with Gasteiger partial charge in [-0.25, -0.2) is 9.97 Å². The molecule has 0 saturated heterocycles. The van der Waals surface area contributed by atoms with Crippen molar-refractivity contribution in [1.82, 2.24) is 20.6 Å². The topological polar surface area (TPSA) is 61.9 Å². The molecule has 5 nitrogen and oxygen atoms in total. The van der Waals surface area contributed by atoms with Gasteiger partial charge in [-0.3, -0.25) is 0 Å². The summed E-state index contributed by atoms with van der Waals surface area (Å²) in [7, 11) is 3.98. The summed E-state index contributed by atoms with van der Waals surface area (Å²) >= 11 is 0. The van der Waals surface area contributed by atoms with Crippen LogP contribution in [-0.4, -0.2) is 30.1 Å². The second-order valence-electron chi connectivity index (χ2n) is 14.7. The zero-order valence-corrected chi connectivity index (χ0v) is 38.0. The van der Waals surface area contributed by atoms with E-state index in [1.807, 2.05) is 62.6 Å². The Labute approximate surface area is 339 Å². The zero-order valence-electron chi connectivity index (χ0n) is 38.0. The predicted molar refractivity (Wildman–Crippen MR) is 247 cm³/mol. The van der Waals surface area contributed by atoms with Gasteiger partial charge in [0.2, 0.25) is 0 Å². The van der Waals surface area contributed by atoms with Crippen LogP contribution in [0.25, 0.3) is 16.5 Å². The number of nitrogens with zero attached hydrogens (tertiary/aromatic N) is 2. The standard InChI is InChI=1S/C30H41N5.C14H22.3C2H6/c1-8-22(15-24(10-3)27-14-12-11-13-25(27)18-31-6)20(4)33-30-28-16-23(9-2)26(19-32-7)17-29(28)34-21(5)35-30;1-4-5-14-8-11(2)6-13(10-14)7-12(3)9-14;3*1-2/h10-17,20,31-32H,8-9,18-19H2,1-7H3,(H,33,34,35);4,6,12-13H,1,5,7-10H2,2-3H3;3*1-2H3/b22-15+,24-10+;;;;. The number of anilines is 1. The number of allylic oxidation sites excluding steroid dienone is 6. The second-order valence-corrected chi connectivity index (χ2v) is 14.7. The summed E-state index contributed by atoms with van der Waals surface area (Å²) in [5.41, 5.74) is 11.0. The Morgan fingerprint density at radius 3 is 2.18 bits per heavy atom. The van der Waals surface area contributed by atoms with Crippen LogP contribution in [0.4, 0.5) is 5.82 Å². The first-order chi connectivity index (χ1) is 26.6. The number of fused-ring (bicyclic) bond motifs is 3. The van der Waals surface area contributed by atoms with E-state index < -0.39 is 0 Å². The SMILES string of the molecule is C/C=C(\C=C(/CC)C(C)Nc1nc(C)nc2cc(CNC)c(CC)cc12)c1ccccc1CNC.C=CCC12CC(C)=CC(CC(C)C1)C2.CC.CC.CC. The van der Waals surface area contributed by atoms with E-state index in [2.05, 4.69) is 125 Å². The number of rotatable bonds is 13. The third-order valence-electron chi connectivity index (χ3n) is 10.5. The van der Waals surface area contributed by atoms with Crippen molar-refractivity contribution in [3.05, 3.63) is 107 Å². The molecule has 0 amide bonds. The Morgan fingerprint density at radius 1 is 0.927 bits per heavy atom. The average molecular weight is 752 g/mol. The highest BCUT2D eigenvalue weighted by molar-refractivity contribution is 5.90. The Morgan fingerprint density at radius 2 is 1.58 bits per heavy atom. The largest absolute Gasteiger partial charge is 0.363 e. The summed E-state index contributed by atoms with van der Waals surface area (Å²) < 4.78 is 0. The van der Waals surface area contributed by atoms with Crippen LogP contribution >= 0.6 is 0 Å². The Kier molecular flexibility index (Phi) is 23.7. The van der Waals surface area contributed by atoms with Crippen molar-refractivity contribution < 1.29 is 0 Å². The fourth-order valence-corrected chi connectivity index (χ4v) is 8.60. The number of hydrogen-bond acceptors (Lipinski definition) is 5. The molecule has 0 aliphatic heterocycles. The van der Waals surface area contributed by atoms with Crippen LogP contribution < -0.4 is 16.0 Å². The van der Waals surface area contributed by atoms with Crippen molar-refractivity contribution >= 4 is 22.3 Å². The first-order valence-electron chi connectivity index (χ1n) is 21.7. The quantitative estimate of drug-likeness (QED) is 0.120. The minimum atomic E-state index is 0.131. The fraction of sp³-hybridized carbons (Fsp3) is 0.560. The predicted octanol–water partition coefficient (Wildman–Crippen LogP) is 13.6. The Bertz CT molecular complexity index is 1660. The van der Waals surface area contributed by atoms with Gasteiger partial charge in [-0.1, -0.05) is 116 Å². The summed E-state index contributed by atoms with van der Waals surface area (Å²) in [6.07, 6.45) is 17.9. The molecule has 2 bridgehead atoms. The van der Waals surface area contributed by atoms with Crippen LogP contribution in [0.15, 0.2) is 78.4 Å². The van der Waals surface area contributed by atoms with Crippen LogP contribution in [0.5, 0.6) is 0 Å². The summed E-state index contributed by atoms with van der Waals surface area (Å²) in [5, 5.41) is 11.4. The molecule has 4 unspecified atom stereocenters. The highest BCUT2D eigenvalue weighted by atomic mass is 15.0. The number of aryl methyl sites for hydroxylation is 2. The van der Waals surface area contributed by atoms with Crippen molar-refractivity contribution in [2.45, 2.75) is 154 Å². The Balaban J connectivity index is 0.000000625. The third kappa shape index (κ3) is 14.5. The highest BCUT2D eigenvalue weighted by Crippen LogP contribution is 2.52. The van der Waals surface area contributed by atoms with Crippen molar-refractivity contribution in [3.8, 4) is 0 Å². The molecular formula is C50H81N5. The molecule has 5 rings (SSSR count). The van der Waals surface area contributed by atoms with Gasteiger partial charge in [0, 0.05) is 24.5 Å². The maximum absolute atomic E-state index is 4.82. The molecule has 55 heavy (non-hydrogen) atoms. The lowest BCUT2D eigenvalue weighted by Gasteiger charge is -2.46. The lowest BCUT2D eigenvalue weighted by Crippen LogP contribution is -2.34. The third-order valence-corrected chi connectivity index (χ3v) is 10.5. The van der Waals surface area contributed by atoms with Gasteiger partial charge >= 0.3 is 0 Å². The number of hydrogen-bond donors (Lipinski definition) is 3. The summed E-state index contributed by atoms with van der Waals surface area (Å²) in [5.74, 6) is 3.47. The van der Waals surface area contributed by atoms with E-state index in [0.29, 0.717) is 5.41 Å². The van der Waals surface area contributed by atoms with E-state index in [1.54, 1.807) is 5.57 Å². The number of nitrogens with one attached hydrogen (secondary N) is 3. The van der Waals surface area contributed by atoms with Gasteiger partial charge in [0.25, 0.3) is 0 Å². The molecule has 3 N–H and O–H groups in total. The molecule has 3 aromatic rings. The highest BCUT2D eigenvalue weighted by Gasteiger charge is 2.40. The van der Waals surface area contributed by atoms with Crippen LogP contribution in [0.1, 0.15) is 150 Å². The van der Waals surface area contributed by atoms with Gasteiger partial charge in [-0.15, -0.1) is 6.58 Å². The van der Waals surface area contributed by atoms with Crippen LogP contribution in [-0.2, 0) is 19.5 Å². The number of benzene rings is 2. The molecular weight excluding hydrogens is 671 g/mol. The first-order valence-corrected chi connectivity index (χ1v) is 21.7. The number of aromatic nitrogens is 2. The lowest BCUT2D eigenvalue weighted by atomic mass is 9.59. The second kappa shape index (κ2) is 26.3. The van der Waals surface area contributed by atoms with Gasteiger partial charge in [0.1, 0.15) is 11.6 Å². The molecule has 1 aromatic heterocycles. The van der Waals surface area contributed by atoms with Gasteiger partial charge in [0.05, 0.1) is 5.52 Å². The van der Waals surface area contributed by atoms with E-state index in [9.17, 15) is 0 Å². The van der Waals surface area contributed by atoms with Crippen molar-refractivity contribution in [2.24, 2.45) is 17.3 Å². The van der Waals surface area contributed by atoms with Gasteiger partial charge in [-0.05, 0) is 150 Å². The maximum Gasteiger partial charge on any atom is 0.138 e. The Hall–Kier alpha value is -3.54. The van der Waals surface area contributed by atoms with Crippen molar-refractivity contribution in [1.29, 1.82) is 0 Å². The van der Waals surface area contributed by atoms with E-state index in [1.165, 1.54) is 65.5 Å². The summed E-state index contributed by atoms with van der Waals surface area (Å²) in [4.78, 5) is 9.56. The average Bonchev–Trinajstić information content (AvgIpc) is 3.17. The molecule has 0 spiro atoms. The molecule has 4 atom stereocenters. The minimum absolute atomic E-state index is 0.131. The minimum Gasteiger partial charge on any atom is -0.363 e. The molecule has 1 fully saturated rings. The van der Waals surface area contributed by atoms with E-state index in [4.69, 9.17) is 9.97 Å². The fourth-order valence-electron chi connectivity index (χ4n) is 8.60. The molecule has 2 aliphatic carbocycles. The van der Waals surface area contributed by atoms with Crippen LogP contribution in [0, 0.1) is 24.2 Å². The van der Waals surface area contributed by atoms with Crippen LogP contribution in [0.2, 0.25) is 0 Å². The maximum atomic E-state index is 4.82. The van der Waals surface area contributed by atoms with Gasteiger partial charge in [-0.2, -0.15) is 0 Å². The normalized spacial score (nSPS) is 19.4.